The van der Waals surface area contributed by atoms with Gasteiger partial charge in [-0.05, 0) is 44.2 Å². The number of rotatable bonds is 12. The summed E-state index contributed by atoms with van der Waals surface area (Å²) in [5.41, 5.74) is 3.58. The number of aromatic nitrogens is 1. The van der Waals surface area contributed by atoms with E-state index >= 15 is 0 Å². The molecule has 17 nitrogen and oxygen atoms in total. The number of hydrogen-bond donors (Lipinski definition) is 7. The summed E-state index contributed by atoms with van der Waals surface area (Å²) in [7, 11) is -4.99. The highest BCUT2D eigenvalue weighted by Crippen LogP contribution is 2.38. The first kappa shape index (κ1) is 34.3. The largest absolute Gasteiger partial charge is 0.489 e. The molecular formula is C24H27F3N8O9S2. The number of nitrogen functional groups attached to an aromatic ring is 1. The number of thiazole rings is 1. The summed E-state index contributed by atoms with van der Waals surface area (Å²) in [5, 5.41) is 28.7. The van der Waals surface area contributed by atoms with Crippen molar-refractivity contribution in [3.05, 3.63) is 40.4 Å². The lowest BCUT2D eigenvalue weighted by Crippen LogP contribution is -2.71. The zero-order valence-corrected chi connectivity index (χ0v) is 25.2. The van der Waals surface area contributed by atoms with Crippen molar-refractivity contribution >= 4 is 56.1 Å². The number of halogens is 3. The van der Waals surface area contributed by atoms with Crippen LogP contribution in [0.2, 0.25) is 0 Å². The average molecular weight is 693 g/mol. The van der Waals surface area contributed by atoms with Gasteiger partial charge in [-0.1, -0.05) is 16.5 Å². The number of carbonyl (C=O) groups is 3. The molecule has 0 radical (unpaired) electrons. The maximum absolute atomic E-state index is 13.7. The van der Waals surface area contributed by atoms with Gasteiger partial charge in [0.15, 0.2) is 10.8 Å². The van der Waals surface area contributed by atoms with Crippen molar-refractivity contribution in [1.29, 1.82) is 5.41 Å². The number of β-lactam (4-membered cyclic amide) rings is 1. The SMILES string of the molecule is C[C@@H]1[C@H](NC(=O)/C(=N\OC(COc2ccc(C(=N)N[C@H]3CCNC3)cc2)C(=O)O)c2nc(N)sc2C(F)(F)F)C(=O)N1S(=O)(=O)O. The van der Waals surface area contributed by atoms with E-state index in [4.69, 9.17) is 25.3 Å². The number of alkyl halides is 3. The fourth-order valence-electron chi connectivity index (χ4n) is 4.41. The summed E-state index contributed by atoms with van der Waals surface area (Å²) in [4.78, 5) is 44.1. The summed E-state index contributed by atoms with van der Waals surface area (Å²) in [5.74, 6) is -4.21. The number of carboxylic acid groups (broad SMARTS) is 1. The van der Waals surface area contributed by atoms with Gasteiger partial charge >= 0.3 is 22.4 Å². The van der Waals surface area contributed by atoms with E-state index in [0.29, 0.717) is 12.1 Å². The Hall–Kier alpha value is -4.54. The Kier molecular flexibility index (Phi) is 10.0. The molecule has 8 N–H and O–H groups in total. The highest BCUT2D eigenvalue weighted by molar-refractivity contribution is 7.84. The fourth-order valence-corrected chi connectivity index (χ4v) is 6.00. The summed E-state index contributed by atoms with van der Waals surface area (Å²) >= 11 is -0.0556. The molecule has 1 aromatic heterocycles. The molecule has 250 valence electrons. The molecular weight excluding hydrogens is 665 g/mol. The van der Waals surface area contributed by atoms with E-state index in [9.17, 15) is 41.1 Å². The van der Waals surface area contributed by atoms with Gasteiger partial charge in [0, 0.05) is 18.2 Å². The van der Waals surface area contributed by atoms with Gasteiger partial charge in [0.05, 0.1) is 6.04 Å². The normalized spacial score (nSPS) is 20.9. The van der Waals surface area contributed by atoms with Gasteiger partial charge in [-0.15, -0.1) is 0 Å². The van der Waals surface area contributed by atoms with Crippen molar-refractivity contribution < 1.29 is 55.2 Å². The third-order valence-corrected chi connectivity index (χ3v) is 8.65. The quantitative estimate of drug-likeness (QED) is 0.0500. The predicted molar refractivity (Wildman–Crippen MR) is 154 cm³/mol. The monoisotopic (exact) mass is 692 g/mol. The molecule has 3 heterocycles. The molecule has 2 aliphatic heterocycles. The molecule has 2 amide bonds. The average Bonchev–Trinajstić information content (AvgIpc) is 3.62. The molecule has 2 fully saturated rings. The summed E-state index contributed by atoms with van der Waals surface area (Å²) in [6.45, 7) is 1.91. The molecule has 1 aromatic carbocycles. The van der Waals surface area contributed by atoms with Crippen LogP contribution in [0.4, 0.5) is 18.3 Å². The minimum atomic E-state index is -5.10. The second-order valence-corrected chi connectivity index (χ2v) is 12.3. The lowest BCUT2D eigenvalue weighted by atomic mass is 10.0. The maximum atomic E-state index is 13.7. The molecule has 1 unspecified atom stereocenters. The minimum absolute atomic E-state index is 0.0318. The molecule has 0 aliphatic carbocycles. The maximum Gasteiger partial charge on any atom is 0.427 e. The summed E-state index contributed by atoms with van der Waals surface area (Å²) < 4.78 is 78.6. The molecule has 46 heavy (non-hydrogen) atoms. The van der Waals surface area contributed by atoms with Crippen molar-refractivity contribution in [2.24, 2.45) is 5.16 Å². The lowest BCUT2D eigenvalue weighted by Gasteiger charge is -2.42. The number of carboxylic acids is 1. The van der Waals surface area contributed by atoms with Crippen LogP contribution in [0, 0.1) is 5.41 Å². The second-order valence-electron chi connectivity index (χ2n) is 9.95. The first-order chi connectivity index (χ1) is 21.5. The summed E-state index contributed by atoms with van der Waals surface area (Å²) in [6, 6.07) is 3.10. The zero-order valence-electron chi connectivity index (χ0n) is 23.6. The van der Waals surface area contributed by atoms with Crippen LogP contribution < -0.4 is 26.4 Å². The molecule has 0 bridgehead atoms. The minimum Gasteiger partial charge on any atom is -0.489 e. The van der Waals surface area contributed by atoms with Gasteiger partial charge < -0.3 is 36.4 Å². The number of amides is 2. The molecule has 2 aliphatic rings. The number of carbonyl (C=O) groups excluding carboxylic acids is 2. The van der Waals surface area contributed by atoms with E-state index in [-0.39, 0.29) is 33.3 Å². The molecule has 0 spiro atoms. The van der Waals surface area contributed by atoms with Gasteiger partial charge in [0.2, 0.25) is 0 Å². The third kappa shape index (κ3) is 7.81. The van der Waals surface area contributed by atoms with Crippen LogP contribution in [0.1, 0.15) is 29.5 Å². The molecule has 2 saturated heterocycles. The number of benzene rings is 1. The number of nitrogens with one attached hydrogen (secondary N) is 4. The number of nitrogens with two attached hydrogens (primary N) is 1. The van der Waals surface area contributed by atoms with E-state index in [1.807, 2.05) is 5.32 Å². The van der Waals surface area contributed by atoms with Crippen molar-refractivity contribution in [2.75, 3.05) is 25.4 Å². The Morgan fingerprint density at radius 1 is 1.30 bits per heavy atom. The number of amidine groups is 1. The van der Waals surface area contributed by atoms with Crippen LogP contribution >= 0.6 is 11.3 Å². The van der Waals surface area contributed by atoms with Crippen molar-refractivity contribution in [3.8, 4) is 5.75 Å². The molecule has 22 heteroatoms. The third-order valence-electron chi connectivity index (χ3n) is 6.71. The van der Waals surface area contributed by atoms with E-state index in [0.717, 1.165) is 19.9 Å². The Labute approximate surface area is 262 Å². The number of oxime groups is 1. The fraction of sp³-hybridized carbons (Fsp3) is 0.417. The number of ether oxygens (including phenoxy) is 1. The number of hydrogen-bond acceptors (Lipinski definition) is 13. The first-order valence-electron chi connectivity index (χ1n) is 13.2. The van der Waals surface area contributed by atoms with Crippen LogP contribution in [0.15, 0.2) is 29.4 Å². The van der Waals surface area contributed by atoms with Crippen LogP contribution in [0.5, 0.6) is 5.75 Å². The molecule has 0 saturated carbocycles. The standard InChI is InChI=1S/C24H27F3N8O9S2/c1-10-15(21(37)35(10)46(40,41)42)32-20(36)17(16-18(24(25,26)27)45-23(29)33-16)34-44-14(22(38)39)9-43-13-4-2-11(3-5-13)19(28)31-12-6-7-30-8-12/h2-5,10,12,14-15,30H,6-9H2,1H3,(H2,28,31)(H2,29,33)(H,32,36)(H,38,39)(H,40,41,42)/b34-17-/t10-,12+,14?,15+/m1/s1. The van der Waals surface area contributed by atoms with Crippen LogP contribution in [-0.4, -0.2) is 101 Å². The van der Waals surface area contributed by atoms with Gasteiger partial charge in [-0.3, -0.25) is 19.6 Å². The zero-order chi connectivity index (χ0) is 34.0. The molecule has 2 aromatic rings. The first-order valence-corrected chi connectivity index (χ1v) is 15.4. The predicted octanol–water partition coefficient (Wildman–Crippen LogP) is -0.208. The summed E-state index contributed by atoms with van der Waals surface area (Å²) in [6.07, 6.45) is -6.24. The van der Waals surface area contributed by atoms with Crippen LogP contribution in [0.3, 0.4) is 0 Å². The van der Waals surface area contributed by atoms with Crippen LogP contribution in [0.25, 0.3) is 0 Å². The topological polar surface area (TPSA) is 259 Å². The van der Waals surface area contributed by atoms with Gasteiger partial charge in [-0.2, -0.15) is 21.6 Å². The highest BCUT2D eigenvalue weighted by Gasteiger charge is 2.52. The van der Waals surface area contributed by atoms with Gasteiger partial charge in [0.1, 0.15) is 34.8 Å². The Balaban J connectivity index is 1.51. The van der Waals surface area contributed by atoms with Crippen molar-refractivity contribution in [1.82, 2.24) is 25.2 Å². The van der Waals surface area contributed by atoms with Crippen LogP contribution in [-0.2, 0) is 35.7 Å². The lowest BCUT2D eigenvalue weighted by molar-refractivity contribution is -0.152. The van der Waals surface area contributed by atoms with E-state index in [1.54, 1.807) is 12.1 Å². The van der Waals surface area contributed by atoms with Crippen molar-refractivity contribution in [3.63, 3.8) is 0 Å². The Morgan fingerprint density at radius 3 is 2.52 bits per heavy atom. The van der Waals surface area contributed by atoms with E-state index < -0.39 is 80.5 Å². The number of anilines is 1. The highest BCUT2D eigenvalue weighted by atomic mass is 32.2. The van der Waals surface area contributed by atoms with Gasteiger partial charge in [-0.25, -0.2) is 14.1 Å². The smallest absolute Gasteiger partial charge is 0.427 e. The Bertz CT molecular complexity index is 1640. The van der Waals surface area contributed by atoms with E-state index in [1.165, 1.54) is 12.1 Å². The molecule has 4 atom stereocenters. The van der Waals surface area contributed by atoms with Gasteiger partial charge in [0.25, 0.3) is 17.9 Å². The Morgan fingerprint density at radius 2 is 1.98 bits per heavy atom. The number of nitrogens with zero attached hydrogens (tertiary/aromatic N) is 3. The number of aliphatic carboxylic acids is 1. The molecule has 4 rings (SSSR count). The second kappa shape index (κ2) is 13.4. The van der Waals surface area contributed by atoms with E-state index in [2.05, 4.69) is 20.8 Å². The van der Waals surface area contributed by atoms with Crippen molar-refractivity contribution in [2.45, 2.75) is 43.8 Å².